The summed E-state index contributed by atoms with van der Waals surface area (Å²) in [7, 11) is 0. The minimum atomic E-state index is 0.282. The Balaban J connectivity index is 2.29. The molecule has 2 heteroatoms. The maximum atomic E-state index is 5.12. The van der Waals surface area contributed by atoms with Crippen molar-refractivity contribution in [3.8, 4) is 0 Å². The summed E-state index contributed by atoms with van der Waals surface area (Å²) < 4.78 is 9.92. The number of hydrogen-bond acceptors (Lipinski definition) is 2. The van der Waals surface area contributed by atoms with Gasteiger partial charge >= 0.3 is 0 Å². The van der Waals surface area contributed by atoms with Gasteiger partial charge in [-0.2, -0.15) is 0 Å². The highest BCUT2D eigenvalue weighted by molar-refractivity contribution is 5.57. The van der Waals surface area contributed by atoms with E-state index >= 15 is 0 Å². The van der Waals surface area contributed by atoms with Crippen molar-refractivity contribution in [3.63, 3.8) is 0 Å². The molecule has 0 atom stereocenters. The highest BCUT2D eigenvalue weighted by Crippen LogP contribution is 2.18. The van der Waals surface area contributed by atoms with Crippen LogP contribution in [0.2, 0.25) is 0 Å². The van der Waals surface area contributed by atoms with Crippen LogP contribution in [-0.2, 0) is 9.47 Å². The minimum absolute atomic E-state index is 0.282. The number of benzene rings is 1. The molecule has 1 heterocycles. The van der Waals surface area contributed by atoms with E-state index < -0.39 is 0 Å². The van der Waals surface area contributed by atoms with Crippen LogP contribution in [-0.4, -0.2) is 6.79 Å². The molecular formula is C9H7O2. The smallest absolute Gasteiger partial charge is 0.231 e. The van der Waals surface area contributed by atoms with Crippen LogP contribution in [0.25, 0.3) is 5.76 Å². The largest absolute Gasteiger partial charge is 0.453 e. The van der Waals surface area contributed by atoms with Gasteiger partial charge in [0.25, 0.3) is 0 Å². The Bertz CT molecular complexity index is 264. The topological polar surface area (TPSA) is 18.5 Å². The van der Waals surface area contributed by atoms with Crippen LogP contribution in [0.5, 0.6) is 0 Å². The maximum absolute atomic E-state index is 5.12. The molecule has 1 radical (unpaired) electrons. The molecule has 0 bridgehead atoms. The summed E-state index contributed by atoms with van der Waals surface area (Å²) in [6.45, 7) is 0.282. The monoisotopic (exact) mass is 147 g/mol. The van der Waals surface area contributed by atoms with E-state index in [-0.39, 0.29) is 6.79 Å². The second kappa shape index (κ2) is 2.66. The Kier molecular flexibility index (Phi) is 1.52. The molecule has 2 nitrogen and oxygen atoms in total. The van der Waals surface area contributed by atoms with Crippen molar-refractivity contribution in [3.05, 3.63) is 42.2 Å². The molecule has 1 aliphatic rings. The molecule has 0 unspecified atom stereocenters. The van der Waals surface area contributed by atoms with Gasteiger partial charge in [0.1, 0.15) is 0 Å². The van der Waals surface area contributed by atoms with E-state index in [0.717, 1.165) is 5.56 Å². The Labute approximate surface area is 65.1 Å². The van der Waals surface area contributed by atoms with E-state index in [2.05, 4.69) is 6.26 Å². The molecule has 0 saturated heterocycles. The van der Waals surface area contributed by atoms with Gasteiger partial charge in [-0.15, -0.1) is 0 Å². The Morgan fingerprint density at radius 1 is 1.18 bits per heavy atom. The fourth-order valence-electron chi connectivity index (χ4n) is 0.945. The van der Waals surface area contributed by atoms with Crippen LogP contribution >= 0.6 is 0 Å². The van der Waals surface area contributed by atoms with Gasteiger partial charge in [-0.3, -0.25) is 0 Å². The molecule has 11 heavy (non-hydrogen) atoms. The molecule has 1 aromatic rings. The first kappa shape index (κ1) is 6.28. The van der Waals surface area contributed by atoms with Gasteiger partial charge in [0.05, 0.1) is 0 Å². The lowest BCUT2D eigenvalue weighted by Crippen LogP contribution is -1.84. The molecule has 0 saturated carbocycles. The molecule has 0 spiro atoms. The summed E-state index contributed by atoms with van der Waals surface area (Å²) in [5, 5.41) is 0. The second-order valence-electron chi connectivity index (χ2n) is 2.20. The van der Waals surface area contributed by atoms with E-state index in [1.807, 2.05) is 30.3 Å². The summed E-state index contributed by atoms with van der Waals surface area (Å²) in [5.74, 6) is 0.686. The zero-order chi connectivity index (χ0) is 7.52. The molecule has 0 aliphatic carbocycles. The molecular weight excluding hydrogens is 140 g/mol. The lowest BCUT2D eigenvalue weighted by Gasteiger charge is -1.98. The normalized spacial score (nSPS) is 15.1. The zero-order valence-corrected chi connectivity index (χ0v) is 5.91. The van der Waals surface area contributed by atoms with Crippen molar-refractivity contribution < 1.29 is 9.47 Å². The van der Waals surface area contributed by atoms with Crippen molar-refractivity contribution in [2.24, 2.45) is 0 Å². The van der Waals surface area contributed by atoms with Crippen LogP contribution in [0.1, 0.15) is 5.56 Å². The lowest BCUT2D eigenvalue weighted by molar-refractivity contribution is 0.0929. The fraction of sp³-hybridized carbons (Fsp3) is 0.111. The van der Waals surface area contributed by atoms with E-state index in [0.29, 0.717) is 5.76 Å². The van der Waals surface area contributed by atoms with Crippen molar-refractivity contribution in [1.29, 1.82) is 0 Å². The third kappa shape index (κ3) is 1.19. The number of rotatable bonds is 1. The van der Waals surface area contributed by atoms with Crippen LogP contribution in [0.3, 0.4) is 0 Å². The first-order chi connectivity index (χ1) is 5.47. The number of ether oxygens (including phenoxy) is 2. The van der Waals surface area contributed by atoms with E-state index in [9.17, 15) is 0 Å². The quantitative estimate of drug-likeness (QED) is 0.603. The van der Waals surface area contributed by atoms with Crippen molar-refractivity contribution in [1.82, 2.24) is 0 Å². The highest BCUT2D eigenvalue weighted by atomic mass is 16.7. The van der Waals surface area contributed by atoms with Gasteiger partial charge in [0, 0.05) is 5.56 Å². The molecule has 0 amide bonds. The highest BCUT2D eigenvalue weighted by Gasteiger charge is 2.08. The average Bonchev–Trinajstić information content (AvgIpc) is 2.58. The van der Waals surface area contributed by atoms with Crippen LogP contribution in [0.15, 0.2) is 30.3 Å². The van der Waals surface area contributed by atoms with Crippen LogP contribution in [0, 0.1) is 6.26 Å². The molecule has 0 aromatic heterocycles. The van der Waals surface area contributed by atoms with E-state index in [1.165, 1.54) is 0 Å². The first-order valence-electron chi connectivity index (χ1n) is 3.40. The lowest BCUT2D eigenvalue weighted by atomic mass is 10.2. The fourth-order valence-corrected chi connectivity index (χ4v) is 0.945. The molecule has 1 aliphatic heterocycles. The Hall–Kier alpha value is -1.44. The average molecular weight is 147 g/mol. The van der Waals surface area contributed by atoms with Crippen LogP contribution in [0.4, 0.5) is 0 Å². The van der Waals surface area contributed by atoms with Crippen molar-refractivity contribution >= 4 is 5.76 Å². The van der Waals surface area contributed by atoms with Crippen LogP contribution < -0.4 is 0 Å². The summed E-state index contributed by atoms with van der Waals surface area (Å²) in [5.41, 5.74) is 1.00. The predicted octanol–water partition coefficient (Wildman–Crippen LogP) is 1.79. The standard InChI is InChI=1S/C9H7O2/c1-2-4-8(5-3-1)9-6-10-7-11-9/h1-5H,7H2. The third-order valence-corrected chi connectivity index (χ3v) is 1.46. The van der Waals surface area contributed by atoms with Gasteiger partial charge in [0.15, 0.2) is 5.76 Å². The Morgan fingerprint density at radius 3 is 2.64 bits per heavy atom. The van der Waals surface area contributed by atoms with E-state index in [1.54, 1.807) is 0 Å². The van der Waals surface area contributed by atoms with Crippen molar-refractivity contribution in [2.45, 2.75) is 0 Å². The SMILES string of the molecule is [C]1=C(c2ccccc2)OCO1. The van der Waals surface area contributed by atoms with E-state index in [4.69, 9.17) is 9.47 Å². The van der Waals surface area contributed by atoms with Gasteiger partial charge in [-0.25, -0.2) is 0 Å². The van der Waals surface area contributed by atoms with Gasteiger partial charge < -0.3 is 9.47 Å². The first-order valence-corrected chi connectivity index (χ1v) is 3.40. The molecule has 55 valence electrons. The van der Waals surface area contributed by atoms with Crippen molar-refractivity contribution in [2.75, 3.05) is 6.79 Å². The molecule has 1 aromatic carbocycles. The Morgan fingerprint density at radius 2 is 2.00 bits per heavy atom. The minimum Gasteiger partial charge on any atom is -0.453 e. The van der Waals surface area contributed by atoms with Gasteiger partial charge in [0.2, 0.25) is 13.1 Å². The zero-order valence-electron chi connectivity index (χ0n) is 5.91. The molecule has 2 rings (SSSR count). The number of hydrogen-bond donors (Lipinski definition) is 0. The molecule has 0 N–H and O–H groups in total. The summed E-state index contributed by atoms with van der Waals surface area (Å²) in [6.07, 6.45) is 2.67. The second-order valence-corrected chi connectivity index (χ2v) is 2.20. The van der Waals surface area contributed by atoms with Gasteiger partial charge in [-0.1, -0.05) is 30.3 Å². The summed E-state index contributed by atoms with van der Waals surface area (Å²) in [4.78, 5) is 0. The van der Waals surface area contributed by atoms with Gasteiger partial charge in [-0.05, 0) is 0 Å². The predicted molar refractivity (Wildman–Crippen MR) is 40.1 cm³/mol. The third-order valence-electron chi connectivity index (χ3n) is 1.46. The summed E-state index contributed by atoms with van der Waals surface area (Å²) >= 11 is 0. The molecule has 0 fully saturated rings. The summed E-state index contributed by atoms with van der Waals surface area (Å²) in [6, 6.07) is 9.77. The maximum Gasteiger partial charge on any atom is 0.231 e.